The highest BCUT2D eigenvalue weighted by atomic mass is 32.1. The van der Waals surface area contributed by atoms with Gasteiger partial charge in [0.05, 0.1) is 11.2 Å². The molecule has 0 fully saturated rings. The van der Waals surface area contributed by atoms with E-state index in [1.165, 1.54) is 4.88 Å². The zero-order valence-electron chi connectivity index (χ0n) is 6.66. The third-order valence-corrected chi connectivity index (χ3v) is 2.67. The third-order valence-electron chi connectivity index (χ3n) is 1.72. The minimum absolute atomic E-state index is 0.839. The van der Waals surface area contributed by atoms with Crippen molar-refractivity contribution in [3.8, 4) is 10.4 Å². The van der Waals surface area contributed by atoms with Crippen molar-refractivity contribution in [1.29, 1.82) is 0 Å². The number of nitrogen functional groups attached to an aromatic ring is 1. The van der Waals surface area contributed by atoms with Crippen LogP contribution in [0.25, 0.3) is 10.4 Å². The first-order valence-electron chi connectivity index (χ1n) is 3.63. The van der Waals surface area contributed by atoms with E-state index in [9.17, 15) is 0 Å². The van der Waals surface area contributed by atoms with E-state index in [-0.39, 0.29) is 0 Å². The number of hydrogen-bond donors (Lipinski definition) is 2. The summed E-state index contributed by atoms with van der Waals surface area (Å²) in [5, 5.41) is 7.68. The summed E-state index contributed by atoms with van der Waals surface area (Å²) in [6, 6.07) is 3.92. The quantitative estimate of drug-likeness (QED) is 0.703. The molecule has 2 aromatic rings. The first-order valence-corrected chi connectivity index (χ1v) is 4.44. The van der Waals surface area contributed by atoms with Crippen LogP contribution in [0.3, 0.4) is 0 Å². The standard InChI is InChI=1S/C8H9N3S/c1-5-6(4-10-11-5)7-2-3-8(9)12-7/h2-4H,9H2,1H3,(H,10,11). The summed E-state index contributed by atoms with van der Waals surface area (Å²) >= 11 is 1.58. The van der Waals surface area contributed by atoms with Crippen LogP contribution in [-0.4, -0.2) is 10.2 Å². The van der Waals surface area contributed by atoms with Crippen LogP contribution in [0.4, 0.5) is 5.00 Å². The van der Waals surface area contributed by atoms with Crippen LogP contribution in [0.1, 0.15) is 5.69 Å². The molecule has 12 heavy (non-hydrogen) atoms. The SMILES string of the molecule is Cc1[nH]ncc1-c1ccc(N)s1. The van der Waals surface area contributed by atoms with Crippen molar-refractivity contribution in [3.05, 3.63) is 24.0 Å². The molecule has 0 radical (unpaired) electrons. The van der Waals surface area contributed by atoms with Gasteiger partial charge in [-0.15, -0.1) is 11.3 Å². The number of aryl methyl sites for hydroxylation is 1. The summed E-state index contributed by atoms with van der Waals surface area (Å²) in [4.78, 5) is 1.17. The van der Waals surface area contributed by atoms with Crippen LogP contribution in [0, 0.1) is 6.92 Å². The van der Waals surface area contributed by atoms with Gasteiger partial charge in [-0.3, -0.25) is 5.10 Å². The second-order valence-electron chi connectivity index (χ2n) is 2.61. The Balaban J connectivity index is 2.50. The maximum absolute atomic E-state index is 5.62. The normalized spacial score (nSPS) is 10.4. The molecule has 0 saturated heterocycles. The highest BCUT2D eigenvalue weighted by Gasteiger charge is 2.04. The lowest BCUT2D eigenvalue weighted by Crippen LogP contribution is -1.74. The summed E-state index contributed by atoms with van der Waals surface area (Å²) in [6.45, 7) is 2.00. The number of aromatic nitrogens is 2. The maximum Gasteiger partial charge on any atom is 0.0862 e. The second kappa shape index (κ2) is 2.64. The maximum atomic E-state index is 5.62. The number of anilines is 1. The average molecular weight is 179 g/mol. The van der Waals surface area contributed by atoms with E-state index in [0.29, 0.717) is 0 Å². The molecule has 0 amide bonds. The van der Waals surface area contributed by atoms with Gasteiger partial charge in [-0.2, -0.15) is 5.10 Å². The molecular formula is C8H9N3S. The van der Waals surface area contributed by atoms with Crippen molar-refractivity contribution in [1.82, 2.24) is 10.2 Å². The molecule has 3 nitrogen and oxygen atoms in total. The number of rotatable bonds is 1. The van der Waals surface area contributed by atoms with Gasteiger partial charge in [0.15, 0.2) is 0 Å². The number of H-pyrrole nitrogens is 1. The van der Waals surface area contributed by atoms with Crippen LogP contribution in [0.5, 0.6) is 0 Å². The molecule has 0 bridgehead atoms. The fourth-order valence-corrected chi connectivity index (χ4v) is 1.94. The van der Waals surface area contributed by atoms with Crippen LogP contribution >= 0.6 is 11.3 Å². The summed E-state index contributed by atoms with van der Waals surface area (Å²) in [5.74, 6) is 0. The van der Waals surface area contributed by atoms with Crippen molar-refractivity contribution in [2.45, 2.75) is 6.92 Å². The largest absolute Gasteiger partial charge is 0.391 e. The van der Waals surface area contributed by atoms with Gasteiger partial charge >= 0.3 is 0 Å². The molecule has 4 heteroatoms. The summed E-state index contributed by atoms with van der Waals surface area (Å²) < 4.78 is 0. The Hall–Kier alpha value is -1.29. The summed E-state index contributed by atoms with van der Waals surface area (Å²) in [6.07, 6.45) is 1.82. The topological polar surface area (TPSA) is 54.7 Å². The lowest BCUT2D eigenvalue weighted by molar-refractivity contribution is 1.05. The number of thiophene rings is 1. The van der Waals surface area contributed by atoms with E-state index in [4.69, 9.17) is 5.73 Å². The molecule has 62 valence electrons. The van der Waals surface area contributed by atoms with Crippen molar-refractivity contribution >= 4 is 16.3 Å². The van der Waals surface area contributed by atoms with E-state index < -0.39 is 0 Å². The van der Waals surface area contributed by atoms with E-state index in [2.05, 4.69) is 10.2 Å². The van der Waals surface area contributed by atoms with Crippen molar-refractivity contribution in [3.63, 3.8) is 0 Å². The van der Waals surface area contributed by atoms with Crippen LogP contribution in [0.2, 0.25) is 0 Å². The first kappa shape index (κ1) is 7.36. The predicted molar refractivity (Wildman–Crippen MR) is 51.1 cm³/mol. The Morgan fingerprint density at radius 2 is 2.33 bits per heavy atom. The van der Waals surface area contributed by atoms with Crippen molar-refractivity contribution in [2.24, 2.45) is 0 Å². The van der Waals surface area contributed by atoms with Crippen molar-refractivity contribution in [2.75, 3.05) is 5.73 Å². The van der Waals surface area contributed by atoms with E-state index in [1.54, 1.807) is 11.3 Å². The van der Waals surface area contributed by atoms with E-state index in [0.717, 1.165) is 16.3 Å². The highest BCUT2D eigenvalue weighted by molar-refractivity contribution is 7.19. The molecule has 2 heterocycles. The molecule has 0 atom stereocenters. The molecule has 0 aliphatic rings. The molecule has 2 rings (SSSR count). The molecule has 0 saturated carbocycles. The van der Waals surface area contributed by atoms with E-state index in [1.807, 2.05) is 25.3 Å². The summed E-state index contributed by atoms with van der Waals surface area (Å²) in [5.41, 5.74) is 7.84. The minimum Gasteiger partial charge on any atom is -0.391 e. The fourth-order valence-electron chi connectivity index (χ4n) is 1.10. The van der Waals surface area contributed by atoms with Gasteiger partial charge in [0.1, 0.15) is 0 Å². The Morgan fingerprint density at radius 1 is 1.50 bits per heavy atom. The Kier molecular flexibility index (Phi) is 1.62. The van der Waals surface area contributed by atoms with Gasteiger partial charge in [-0.25, -0.2) is 0 Å². The van der Waals surface area contributed by atoms with Gasteiger partial charge in [-0.1, -0.05) is 0 Å². The van der Waals surface area contributed by atoms with Gasteiger partial charge in [0.2, 0.25) is 0 Å². The number of nitrogens with zero attached hydrogens (tertiary/aromatic N) is 1. The molecule has 0 spiro atoms. The van der Waals surface area contributed by atoms with Crippen molar-refractivity contribution < 1.29 is 0 Å². The predicted octanol–water partition coefficient (Wildman–Crippen LogP) is 2.03. The van der Waals surface area contributed by atoms with Gasteiger partial charge in [-0.05, 0) is 19.1 Å². The molecule has 0 unspecified atom stereocenters. The first-order chi connectivity index (χ1) is 5.77. The number of nitrogens with two attached hydrogens (primary N) is 1. The van der Waals surface area contributed by atoms with Crippen LogP contribution in [-0.2, 0) is 0 Å². The van der Waals surface area contributed by atoms with Gasteiger partial charge in [0.25, 0.3) is 0 Å². The highest BCUT2D eigenvalue weighted by Crippen LogP contribution is 2.30. The van der Waals surface area contributed by atoms with Gasteiger partial charge in [0, 0.05) is 16.1 Å². The fraction of sp³-hybridized carbons (Fsp3) is 0.125. The molecule has 3 N–H and O–H groups in total. The zero-order valence-corrected chi connectivity index (χ0v) is 7.48. The lowest BCUT2D eigenvalue weighted by atomic mass is 10.2. The molecule has 0 aromatic carbocycles. The third kappa shape index (κ3) is 1.10. The minimum atomic E-state index is 0.839. The average Bonchev–Trinajstić information content (AvgIpc) is 2.58. The Bertz CT molecular complexity index is 388. The van der Waals surface area contributed by atoms with Gasteiger partial charge < -0.3 is 5.73 Å². The molecule has 0 aliphatic carbocycles. The number of aromatic amines is 1. The summed E-state index contributed by atoms with van der Waals surface area (Å²) in [7, 11) is 0. The smallest absolute Gasteiger partial charge is 0.0862 e. The van der Waals surface area contributed by atoms with Crippen LogP contribution in [0.15, 0.2) is 18.3 Å². The van der Waals surface area contributed by atoms with Crippen LogP contribution < -0.4 is 5.73 Å². The number of nitrogens with one attached hydrogen (secondary N) is 1. The lowest BCUT2D eigenvalue weighted by Gasteiger charge is -1.90. The molecule has 0 aliphatic heterocycles. The number of hydrogen-bond acceptors (Lipinski definition) is 3. The Morgan fingerprint density at radius 3 is 2.83 bits per heavy atom. The zero-order chi connectivity index (χ0) is 8.55. The van der Waals surface area contributed by atoms with E-state index >= 15 is 0 Å². The molecular weight excluding hydrogens is 170 g/mol. The monoisotopic (exact) mass is 179 g/mol. The second-order valence-corrected chi connectivity index (χ2v) is 3.73. The Labute approximate surface area is 74.2 Å². The molecule has 2 aromatic heterocycles.